The standard InChI is InChI=1S/C17H18N4O3/c1-21(2)10-9-19-17(22)11-5-3-7-13-15(11)24-16-12(20-18)6-4-8-14(16)23-13/h3-8,18H,9-10H2,1-2H3,(H,19,22). The number of rotatable bonds is 5. The van der Waals surface area contributed by atoms with Crippen LogP contribution in [-0.2, 0) is 0 Å². The van der Waals surface area contributed by atoms with E-state index in [2.05, 4.69) is 10.4 Å². The van der Waals surface area contributed by atoms with Crippen LogP contribution in [0.15, 0.2) is 41.5 Å². The van der Waals surface area contributed by atoms with Crippen molar-refractivity contribution in [3.05, 3.63) is 42.0 Å². The summed E-state index contributed by atoms with van der Waals surface area (Å²) in [6, 6.07) is 10.3. The third-order valence-electron chi connectivity index (χ3n) is 3.57. The van der Waals surface area contributed by atoms with E-state index in [1.165, 1.54) is 0 Å². The molecule has 0 atom stereocenters. The highest BCUT2D eigenvalue weighted by Crippen LogP contribution is 2.50. The highest BCUT2D eigenvalue weighted by molar-refractivity contribution is 5.98. The molecular weight excluding hydrogens is 308 g/mol. The summed E-state index contributed by atoms with van der Waals surface area (Å²) < 4.78 is 11.7. The van der Waals surface area contributed by atoms with Gasteiger partial charge in [-0.3, -0.25) is 4.79 Å². The lowest BCUT2D eigenvalue weighted by Gasteiger charge is -2.23. The molecule has 0 unspecified atom stereocenters. The second-order valence-electron chi connectivity index (χ2n) is 5.61. The van der Waals surface area contributed by atoms with Crippen molar-refractivity contribution in [2.24, 2.45) is 5.11 Å². The monoisotopic (exact) mass is 326 g/mol. The van der Waals surface area contributed by atoms with E-state index in [-0.39, 0.29) is 5.91 Å². The van der Waals surface area contributed by atoms with Crippen molar-refractivity contribution in [2.75, 3.05) is 27.2 Å². The van der Waals surface area contributed by atoms with Crippen LogP contribution in [-0.4, -0.2) is 38.0 Å². The highest BCUT2D eigenvalue weighted by atomic mass is 16.6. The van der Waals surface area contributed by atoms with E-state index in [9.17, 15) is 4.79 Å². The Bertz CT molecular complexity index is 789. The first-order valence-corrected chi connectivity index (χ1v) is 7.52. The lowest BCUT2D eigenvalue weighted by Crippen LogP contribution is -2.31. The van der Waals surface area contributed by atoms with Gasteiger partial charge in [0.2, 0.25) is 0 Å². The zero-order valence-corrected chi connectivity index (χ0v) is 13.5. The van der Waals surface area contributed by atoms with Crippen LogP contribution in [0.4, 0.5) is 5.69 Å². The number of nitrogens with zero attached hydrogens (tertiary/aromatic N) is 2. The first-order valence-electron chi connectivity index (χ1n) is 7.52. The number of carbonyl (C=O) groups excluding carboxylic acids is 1. The molecule has 0 radical (unpaired) electrons. The van der Waals surface area contributed by atoms with Crippen molar-refractivity contribution in [1.82, 2.24) is 10.2 Å². The third kappa shape index (κ3) is 3.07. The highest BCUT2D eigenvalue weighted by Gasteiger charge is 2.26. The predicted molar refractivity (Wildman–Crippen MR) is 88.7 cm³/mol. The van der Waals surface area contributed by atoms with Gasteiger partial charge in [0, 0.05) is 13.1 Å². The van der Waals surface area contributed by atoms with Gasteiger partial charge < -0.3 is 19.7 Å². The summed E-state index contributed by atoms with van der Waals surface area (Å²) >= 11 is 0. The molecule has 2 aromatic rings. The number of para-hydroxylation sites is 2. The molecule has 0 saturated heterocycles. The van der Waals surface area contributed by atoms with Crippen molar-refractivity contribution < 1.29 is 14.3 Å². The minimum absolute atomic E-state index is 0.235. The minimum atomic E-state index is -0.235. The topological polar surface area (TPSA) is 87.0 Å². The zero-order valence-electron chi connectivity index (χ0n) is 13.5. The molecule has 1 aliphatic heterocycles. The molecule has 3 rings (SSSR count). The fourth-order valence-corrected chi connectivity index (χ4v) is 2.36. The zero-order chi connectivity index (χ0) is 17.1. The van der Waals surface area contributed by atoms with Gasteiger partial charge in [-0.05, 0) is 38.4 Å². The van der Waals surface area contributed by atoms with Crippen LogP contribution < -0.4 is 14.8 Å². The van der Waals surface area contributed by atoms with Crippen LogP contribution in [0.3, 0.4) is 0 Å². The maximum atomic E-state index is 12.4. The van der Waals surface area contributed by atoms with Gasteiger partial charge in [-0.25, -0.2) is 5.53 Å². The van der Waals surface area contributed by atoms with E-state index in [0.717, 1.165) is 6.54 Å². The lowest BCUT2D eigenvalue weighted by atomic mass is 10.1. The number of ether oxygens (including phenoxy) is 2. The average Bonchev–Trinajstić information content (AvgIpc) is 2.58. The van der Waals surface area contributed by atoms with Gasteiger partial charge in [0.25, 0.3) is 5.91 Å². The maximum Gasteiger partial charge on any atom is 0.255 e. The summed E-state index contributed by atoms with van der Waals surface area (Å²) in [5.74, 6) is 1.38. The molecule has 1 amide bonds. The van der Waals surface area contributed by atoms with Crippen molar-refractivity contribution in [3.8, 4) is 23.0 Å². The van der Waals surface area contributed by atoms with Gasteiger partial charge in [-0.1, -0.05) is 12.1 Å². The molecule has 2 N–H and O–H groups in total. The molecular formula is C17H18N4O3. The van der Waals surface area contributed by atoms with Crippen molar-refractivity contribution in [3.63, 3.8) is 0 Å². The Balaban J connectivity index is 1.89. The first-order chi connectivity index (χ1) is 11.6. The van der Waals surface area contributed by atoms with E-state index >= 15 is 0 Å². The quantitative estimate of drug-likeness (QED) is 0.702. The van der Waals surface area contributed by atoms with E-state index in [4.69, 9.17) is 15.0 Å². The number of benzene rings is 2. The molecule has 1 aliphatic rings. The molecule has 24 heavy (non-hydrogen) atoms. The van der Waals surface area contributed by atoms with E-state index in [1.54, 1.807) is 36.4 Å². The molecule has 0 aromatic heterocycles. The smallest absolute Gasteiger partial charge is 0.255 e. The van der Waals surface area contributed by atoms with Crippen molar-refractivity contribution in [2.45, 2.75) is 0 Å². The normalized spacial score (nSPS) is 11.8. The molecule has 0 saturated carbocycles. The number of amides is 1. The van der Waals surface area contributed by atoms with Gasteiger partial charge in [0.05, 0.1) is 5.56 Å². The molecule has 7 nitrogen and oxygen atoms in total. The van der Waals surface area contributed by atoms with Gasteiger partial charge in [-0.2, -0.15) is 5.11 Å². The van der Waals surface area contributed by atoms with Crippen LogP contribution in [0.25, 0.3) is 0 Å². The number of hydrogen-bond acceptors (Lipinski definition) is 6. The molecule has 2 aromatic carbocycles. The Morgan fingerprint density at radius 3 is 2.54 bits per heavy atom. The van der Waals surface area contributed by atoms with E-state index < -0.39 is 0 Å². The molecule has 7 heteroatoms. The summed E-state index contributed by atoms with van der Waals surface area (Å²) in [4.78, 5) is 14.4. The number of nitrogens with one attached hydrogen (secondary N) is 2. The lowest BCUT2D eigenvalue weighted by molar-refractivity contribution is 0.0947. The summed E-state index contributed by atoms with van der Waals surface area (Å²) in [5, 5.41) is 6.30. The fourth-order valence-electron chi connectivity index (χ4n) is 2.36. The predicted octanol–water partition coefficient (Wildman–Crippen LogP) is 3.54. The average molecular weight is 326 g/mol. The Morgan fingerprint density at radius 1 is 1.12 bits per heavy atom. The van der Waals surface area contributed by atoms with E-state index in [0.29, 0.717) is 40.8 Å². The Kier molecular flexibility index (Phi) is 4.43. The Labute approximate surface area is 139 Å². The molecule has 124 valence electrons. The number of fused-ring (bicyclic) bond motifs is 2. The molecule has 0 fully saturated rings. The summed E-state index contributed by atoms with van der Waals surface area (Å²) in [5.41, 5.74) is 7.98. The second-order valence-corrected chi connectivity index (χ2v) is 5.61. The SMILES string of the molecule is CN(C)CCNC(=O)c1cccc2c1Oc1c(N=N)cccc1O2. The minimum Gasteiger partial charge on any atom is -0.449 e. The molecule has 1 heterocycles. The first kappa shape index (κ1) is 15.9. The van der Waals surface area contributed by atoms with E-state index in [1.807, 2.05) is 19.0 Å². The second kappa shape index (κ2) is 6.67. The summed E-state index contributed by atoms with van der Waals surface area (Å²) in [6.07, 6.45) is 0. The molecule has 0 bridgehead atoms. The molecule has 0 spiro atoms. The number of likely N-dealkylation sites (N-methyl/N-ethyl adjacent to an activating group) is 1. The number of hydrogen-bond donors (Lipinski definition) is 2. The van der Waals surface area contributed by atoms with Gasteiger partial charge in [0.15, 0.2) is 23.0 Å². The largest absolute Gasteiger partial charge is 0.449 e. The van der Waals surface area contributed by atoms with Crippen molar-refractivity contribution >= 4 is 11.6 Å². The summed E-state index contributed by atoms with van der Waals surface area (Å²) in [6.45, 7) is 1.27. The fraction of sp³-hybridized carbons (Fsp3) is 0.235. The van der Waals surface area contributed by atoms with Crippen LogP contribution in [0.5, 0.6) is 23.0 Å². The maximum absolute atomic E-state index is 12.4. The third-order valence-corrected chi connectivity index (χ3v) is 3.57. The molecule has 0 aliphatic carbocycles. The van der Waals surface area contributed by atoms with Crippen LogP contribution >= 0.6 is 0 Å². The van der Waals surface area contributed by atoms with Crippen LogP contribution in [0.1, 0.15) is 10.4 Å². The number of carbonyl (C=O) groups is 1. The Hall–Kier alpha value is -2.93. The van der Waals surface area contributed by atoms with Crippen LogP contribution in [0.2, 0.25) is 0 Å². The van der Waals surface area contributed by atoms with Crippen molar-refractivity contribution in [1.29, 1.82) is 5.53 Å². The van der Waals surface area contributed by atoms with Gasteiger partial charge in [-0.15, -0.1) is 0 Å². The Morgan fingerprint density at radius 2 is 1.83 bits per heavy atom. The van der Waals surface area contributed by atoms with Gasteiger partial charge in [0.1, 0.15) is 5.69 Å². The van der Waals surface area contributed by atoms with Crippen LogP contribution in [0, 0.1) is 5.53 Å². The summed E-state index contributed by atoms with van der Waals surface area (Å²) in [7, 11) is 3.88. The van der Waals surface area contributed by atoms with Gasteiger partial charge >= 0.3 is 0 Å².